The van der Waals surface area contributed by atoms with Gasteiger partial charge in [-0.25, -0.2) is 0 Å². The van der Waals surface area contributed by atoms with Gasteiger partial charge in [0, 0.05) is 15.6 Å². The first kappa shape index (κ1) is 8.14. The number of fused-ring (bicyclic) bond motifs is 1. The zero-order valence-corrected chi connectivity index (χ0v) is 8.83. The van der Waals surface area contributed by atoms with Crippen LogP contribution in [0, 0.1) is 6.92 Å². The molecule has 2 aromatic rings. The van der Waals surface area contributed by atoms with Crippen LogP contribution in [0.25, 0.3) is 10.9 Å². The van der Waals surface area contributed by atoms with Crippen LogP contribution in [0.2, 0.25) is 5.02 Å². The van der Waals surface area contributed by atoms with E-state index in [4.69, 9.17) is 11.6 Å². The molecule has 1 heterocycles. The molecule has 0 bridgehead atoms. The standard InChI is InChI=1S/C9H7BrClN/c1-5-8(10)6-3-2-4-7(11)9(6)12-5/h2-4,12H,1H3. The molecule has 0 unspecified atom stereocenters. The molecular formula is C9H7BrClN. The first-order valence-corrected chi connectivity index (χ1v) is 4.79. The van der Waals surface area contributed by atoms with E-state index in [1.165, 1.54) is 0 Å². The number of rotatable bonds is 0. The van der Waals surface area contributed by atoms with Gasteiger partial charge >= 0.3 is 0 Å². The van der Waals surface area contributed by atoms with E-state index >= 15 is 0 Å². The summed E-state index contributed by atoms with van der Waals surface area (Å²) in [5.74, 6) is 0. The van der Waals surface area contributed by atoms with E-state index in [0.717, 1.165) is 26.1 Å². The first-order chi connectivity index (χ1) is 5.70. The van der Waals surface area contributed by atoms with Crippen molar-refractivity contribution in [1.82, 2.24) is 4.98 Å². The predicted molar refractivity (Wildman–Crippen MR) is 55.7 cm³/mol. The Morgan fingerprint density at radius 1 is 1.42 bits per heavy atom. The van der Waals surface area contributed by atoms with E-state index in [1.54, 1.807) is 0 Å². The summed E-state index contributed by atoms with van der Waals surface area (Å²) >= 11 is 9.49. The molecule has 0 aliphatic carbocycles. The highest BCUT2D eigenvalue weighted by Crippen LogP contribution is 2.31. The average Bonchev–Trinajstić information content (AvgIpc) is 2.32. The van der Waals surface area contributed by atoms with Gasteiger partial charge in [-0.2, -0.15) is 0 Å². The topological polar surface area (TPSA) is 15.8 Å². The summed E-state index contributed by atoms with van der Waals surface area (Å²) in [6, 6.07) is 5.86. The van der Waals surface area contributed by atoms with Gasteiger partial charge in [-0.05, 0) is 28.9 Å². The molecular weight excluding hydrogens is 237 g/mol. The first-order valence-electron chi connectivity index (χ1n) is 3.62. The summed E-state index contributed by atoms with van der Waals surface area (Å²) in [5.41, 5.74) is 2.11. The van der Waals surface area contributed by atoms with E-state index in [-0.39, 0.29) is 0 Å². The van der Waals surface area contributed by atoms with Crippen LogP contribution in [-0.4, -0.2) is 4.98 Å². The highest BCUT2D eigenvalue weighted by molar-refractivity contribution is 9.10. The molecule has 0 saturated carbocycles. The third-order valence-corrected chi connectivity index (χ3v) is 3.23. The number of aryl methyl sites for hydroxylation is 1. The van der Waals surface area contributed by atoms with E-state index < -0.39 is 0 Å². The fourth-order valence-corrected chi connectivity index (χ4v) is 1.93. The van der Waals surface area contributed by atoms with E-state index in [2.05, 4.69) is 20.9 Å². The number of aromatic nitrogens is 1. The molecule has 1 nitrogen and oxygen atoms in total. The minimum atomic E-state index is 0.765. The molecule has 0 aliphatic heterocycles. The van der Waals surface area contributed by atoms with Gasteiger partial charge in [-0.1, -0.05) is 23.7 Å². The second kappa shape index (κ2) is 2.79. The Morgan fingerprint density at radius 2 is 2.17 bits per heavy atom. The second-order valence-corrected chi connectivity index (χ2v) is 3.93. The average molecular weight is 245 g/mol. The Labute approximate surface area is 83.9 Å². The Kier molecular flexibility index (Phi) is 1.89. The van der Waals surface area contributed by atoms with Crippen molar-refractivity contribution in [2.75, 3.05) is 0 Å². The monoisotopic (exact) mass is 243 g/mol. The Morgan fingerprint density at radius 3 is 2.83 bits per heavy atom. The second-order valence-electron chi connectivity index (χ2n) is 2.73. The molecule has 0 aliphatic rings. The molecule has 1 N–H and O–H groups in total. The van der Waals surface area contributed by atoms with Crippen molar-refractivity contribution in [2.24, 2.45) is 0 Å². The van der Waals surface area contributed by atoms with Gasteiger partial charge in [0.2, 0.25) is 0 Å². The maximum absolute atomic E-state index is 5.99. The van der Waals surface area contributed by atoms with Crippen LogP contribution >= 0.6 is 27.5 Å². The van der Waals surface area contributed by atoms with Gasteiger partial charge in [0.25, 0.3) is 0 Å². The molecule has 0 amide bonds. The molecule has 2 rings (SSSR count). The number of halogens is 2. The number of benzene rings is 1. The lowest BCUT2D eigenvalue weighted by molar-refractivity contribution is 1.28. The highest BCUT2D eigenvalue weighted by Gasteiger charge is 2.06. The lowest BCUT2D eigenvalue weighted by atomic mass is 10.2. The van der Waals surface area contributed by atoms with Crippen LogP contribution < -0.4 is 0 Å². The van der Waals surface area contributed by atoms with Crippen LogP contribution in [0.3, 0.4) is 0 Å². The van der Waals surface area contributed by atoms with Crippen molar-refractivity contribution in [3.05, 3.63) is 33.4 Å². The van der Waals surface area contributed by atoms with Gasteiger partial charge in [0.05, 0.1) is 10.5 Å². The highest BCUT2D eigenvalue weighted by atomic mass is 79.9. The molecule has 0 radical (unpaired) electrons. The van der Waals surface area contributed by atoms with Crippen molar-refractivity contribution < 1.29 is 0 Å². The van der Waals surface area contributed by atoms with Crippen molar-refractivity contribution >= 4 is 38.4 Å². The number of nitrogens with one attached hydrogen (secondary N) is 1. The quantitative estimate of drug-likeness (QED) is 0.724. The van der Waals surface area contributed by atoms with Crippen LogP contribution in [0.4, 0.5) is 0 Å². The van der Waals surface area contributed by atoms with Crippen LogP contribution in [0.1, 0.15) is 5.69 Å². The van der Waals surface area contributed by atoms with Crippen molar-refractivity contribution in [2.45, 2.75) is 6.92 Å². The number of para-hydroxylation sites is 1. The summed E-state index contributed by atoms with van der Waals surface area (Å²) in [4.78, 5) is 3.22. The summed E-state index contributed by atoms with van der Waals surface area (Å²) in [6.07, 6.45) is 0. The molecule has 3 heteroatoms. The van der Waals surface area contributed by atoms with Gasteiger partial charge in [0.15, 0.2) is 0 Å². The summed E-state index contributed by atoms with van der Waals surface area (Å²) in [6.45, 7) is 2.01. The van der Waals surface area contributed by atoms with E-state index in [0.29, 0.717) is 0 Å². The zero-order valence-electron chi connectivity index (χ0n) is 6.49. The summed E-state index contributed by atoms with van der Waals surface area (Å²) < 4.78 is 1.10. The molecule has 0 atom stereocenters. The van der Waals surface area contributed by atoms with Gasteiger partial charge in [0.1, 0.15) is 0 Å². The molecule has 1 aromatic carbocycles. The molecule has 0 saturated heterocycles. The van der Waals surface area contributed by atoms with Crippen LogP contribution in [-0.2, 0) is 0 Å². The van der Waals surface area contributed by atoms with Gasteiger partial charge in [-0.15, -0.1) is 0 Å². The molecule has 1 aromatic heterocycles. The summed E-state index contributed by atoms with van der Waals surface area (Å²) in [5, 5.41) is 1.90. The predicted octanol–water partition coefficient (Wildman–Crippen LogP) is 3.89. The minimum Gasteiger partial charge on any atom is -0.356 e. The molecule has 0 fully saturated rings. The van der Waals surface area contributed by atoms with Gasteiger partial charge in [-0.3, -0.25) is 0 Å². The van der Waals surface area contributed by atoms with E-state index in [1.807, 2.05) is 25.1 Å². The largest absolute Gasteiger partial charge is 0.356 e. The SMILES string of the molecule is Cc1[nH]c2c(Cl)cccc2c1Br. The minimum absolute atomic E-state index is 0.765. The lowest BCUT2D eigenvalue weighted by Gasteiger charge is -1.91. The molecule has 0 spiro atoms. The lowest BCUT2D eigenvalue weighted by Crippen LogP contribution is -1.69. The zero-order chi connectivity index (χ0) is 8.72. The third-order valence-electron chi connectivity index (χ3n) is 1.89. The van der Waals surface area contributed by atoms with Crippen LogP contribution in [0.15, 0.2) is 22.7 Å². The van der Waals surface area contributed by atoms with E-state index in [9.17, 15) is 0 Å². The molecule has 62 valence electrons. The Hall–Kier alpha value is -0.470. The normalized spacial score (nSPS) is 10.9. The van der Waals surface area contributed by atoms with Crippen molar-refractivity contribution in [3.8, 4) is 0 Å². The molecule has 12 heavy (non-hydrogen) atoms. The van der Waals surface area contributed by atoms with Crippen molar-refractivity contribution in [1.29, 1.82) is 0 Å². The maximum atomic E-state index is 5.99. The fraction of sp³-hybridized carbons (Fsp3) is 0.111. The Balaban J connectivity index is 2.95. The third kappa shape index (κ3) is 1.06. The number of hydrogen-bond donors (Lipinski definition) is 1. The van der Waals surface area contributed by atoms with Gasteiger partial charge < -0.3 is 4.98 Å². The smallest absolute Gasteiger partial charge is 0.0657 e. The number of hydrogen-bond acceptors (Lipinski definition) is 0. The number of aromatic amines is 1. The van der Waals surface area contributed by atoms with Crippen LogP contribution in [0.5, 0.6) is 0 Å². The van der Waals surface area contributed by atoms with Crippen molar-refractivity contribution in [3.63, 3.8) is 0 Å². The Bertz CT molecular complexity index is 433. The maximum Gasteiger partial charge on any atom is 0.0657 e. The number of H-pyrrole nitrogens is 1. The summed E-state index contributed by atoms with van der Waals surface area (Å²) in [7, 11) is 0. The fourth-order valence-electron chi connectivity index (χ4n) is 1.28.